The number of nitrogens with two attached hydrogens (primary N) is 1. The third-order valence-electron chi connectivity index (χ3n) is 5.40. The van der Waals surface area contributed by atoms with Crippen LogP contribution in [0.4, 0.5) is 17.5 Å². The van der Waals surface area contributed by atoms with Crippen LogP contribution in [0.1, 0.15) is 19.8 Å². The van der Waals surface area contributed by atoms with Gasteiger partial charge in [-0.25, -0.2) is 9.97 Å². The second-order valence-corrected chi connectivity index (χ2v) is 8.67. The lowest BCUT2D eigenvalue weighted by Gasteiger charge is -2.16. The van der Waals surface area contributed by atoms with Crippen molar-refractivity contribution in [3.63, 3.8) is 0 Å². The number of aromatic nitrogens is 3. The van der Waals surface area contributed by atoms with Crippen molar-refractivity contribution in [2.45, 2.75) is 25.8 Å². The summed E-state index contributed by atoms with van der Waals surface area (Å²) in [6.45, 7) is 2.36. The van der Waals surface area contributed by atoms with E-state index in [1.54, 1.807) is 11.3 Å². The summed E-state index contributed by atoms with van der Waals surface area (Å²) in [7, 11) is 1.88. The number of rotatable bonds is 5. The first-order valence-corrected chi connectivity index (χ1v) is 10.5. The predicted molar refractivity (Wildman–Crippen MR) is 116 cm³/mol. The zero-order valence-electron chi connectivity index (χ0n) is 15.7. The molecule has 1 aliphatic carbocycles. The molecule has 0 spiro atoms. The fourth-order valence-corrected chi connectivity index (χ4v) is 5.15. The van der Waals surface area contributed by atoms with Gasteiger partial charge in [-0.15, -0.1) is 11.3 Å². The quantitative estimate of drug-likeness (QED) is 0.466. The molecule has 5 N–H and O–H groups in total. The van der Waals surface area contributed by atoms with Gasteiger partial charge < -0.3 is 21.5 Å². The summed E-state index contributed by atoms with van der Waals surface area (Å²) in [5.74, 6) is 1.46. The zero-order valence-corrected chi connectivity index (χ0v) is 17.3. The molecule has 4 rings (SSSR count). The summed E-state index contributed by atoms with van der Waals surface area (Å²) in [5, 5.41) is 17.2. The van der Waals surface area contributed by atoms with Gasteiger partial charge in [-0.05, 0) is 42.9 Å². The van der Waals surface area contributed by atoms with E-state index < -0.39 is 0 Å². The molecule has 0 radical (unpaired) electrons. The fraction of sp³-hybridized carbons (Fsp3) is 0.421. The molecule has 1 aliphatic rings. The molecule has 1 aromatic carbocycles. The van der Waals surface area contributed by atoms with Crippen molar-refractivity contribution in [2.24, 2.45) is 11.8 Å². The molecule has 0 saturated heterocycles. The van der Waals surface area contributed by atoms with Crippen LogP contribution < -0.4 is 16.4 Å². The predicted octanol–water partition coefficient (Wildman–Crippen LogP) is 3.85. The average molecular weight is 419 g/mol. The van der Waals surface area contributed by atoms with Crippen molar-refractivity contribution in [2.75, 3.05) is 30.0 Å². The molecule has 9 heteroatoms. The Morgan fingerprint density at radius 1 is 1.29 bits per heavy atom. The highest BCUT2D eigenvalue weighted by atomic mass is 35.5. The molecular formula is C19H23ClN6OS. The minimum atomic E-state index is 0.125. The molecule has 7 nitrogen and oxygen atoms in total. The first kappa shape index (κ1) is 19.2. The topological polar surface area (TPSA) is 109 Å². The molecule has 2 aromatic heterocycles. The molecule has 1 saturated carbocycles. The third kappa shape index (κ3) is 3.59. The summed E-state index contributed by atoms with van der Waals surface area (Å²) >= 11 is 8.01. The van der Waals surface area contributed by atoms with Crippen LogP contribution in [0.3, 0.4) is 0 Å². The number of nitrogen functional groups attached to an aromatic ring is 1. The number of aliphatic hydroxyl groups is 1. The molecule has 2 heterocycles. The Labute approximate surface area is 172 Å². The summed E-state index contributed by atoms with van der Waals surface area (Å²) in [6.07, 6.45) is 1.83. The van der Waals surface area contributed by atoms with Crippen LogP contribution in [-0.4, -0.2) is 39.8 Å². The Hall–Kier alpha value is -2.16. The van der Waals surface area contributed by atoms with E-state index in [9.17, 15) is 5.11 Å². The van der Waals surface area contributed by atoms with E-state index in [2.05, 4.69) is 27.5 Å². The SMILES string of the molecule is CNc1ccc2sc(-c3c(Cl)nc(N)nc3NC3CC(C)C(CO)C3)nc2c1. The van der Waals surface area contributed by atoms with Crippen molar-refractivity contribution < 1.29 is 5.11 Å². The van der Waals surface area contributed by atoms with Gasteiger partial charge in [0.15, 0.2) is 0 Å². The number of hydrogen-bond acceptors (Lipinski definition) is 8. The normalized spacial score (nSPS) is 21.9. The van der Waals surface area contributed by atoms with Crippen molar-refractivity contribution in [3.05, 3.63) is 23.4 Å². The van der Waals surface area contributed by atoms with Gasteiger partial charge in [0.2, 0.25) is 5.95 Å². The smallest absolute Gasteiger partial charge is 0.223 e. The van der Waals surface area contributed by atoms with E-state index >= 15 is 0 Å². The number of aliphatic hydroxyl groups excluding tert-OH is 1. The number of halogens is 1. The second-order valence-electron chi connectivity index (χ2n) is 7.28. The maximum atomic E-state index is 9.56. The Balaban J connectivity index is 1.73. The van der Waals surface area contributed by atoms with Crippen LogP contribution in [0.5, 0.6) is 0 Å². The Kier molecular flexibility index (Phi) is 5.27. The van der Waals surface area contributed by atoms with Gasteiger partial charge in [0.1, 0.15) is 16.0 Å². The molecule has 0 amide bonds. The summed E-state index contributed by atoms with van der Waals surface area (Å²) in [6, 6.07) is 6.24. The number of benzene rings is 1. The average Bonchev–Trinajstić information content (AvgIpc) is 3.22. The standard InChI is InChI=1S/C19H23ClN6OS/c1-9-5-12(6-10(9)8-27)23-17-15(16(20)25-19(21)26-17)18-24-13-7-11(22-2)3-4-14(13)28-18/h3-4,7,9-10,12,22,27H,5-6,8H2,1-2H3,(H3,21,23,25,26). The summed E-state index contributed by atoms with van der Waals surface area (Å²) in [4.78, 5) is 13.3. The van der Waals surface area contributed by atoms with Gasteiger partial charge in [-0.3, -0.25) is 0 Å². The fourth-order valence-electron chi connectivity index (χ4n) is 3.83. The molecule has 3 atom stereocenters. The first-order valence-electron chi connectivity index (χ1n) is 9.27. The molecule has 0 bridgehead atoms. The van der Waals surface area contributed by atoms with Gasteiger partial charge in [-0.1, -0.05) is 18.5 Å². The highest BCUT2D eigenvalue weighted by Gasteiger charge is 2.32. The van der Waals surface area contributed by atoms with Gasteiger partial charge >= 0.3 is 0 Å². The number of hydrogen-bond donors (Lipinski definition) is 4. The molecule has 148 valence electrons. The lowest BCUT2D eigenvalue weighted by molar-refractivity contribution is 0.201. The third-order valence-corrected chi connectivity index (χ3v) is 6.72. The largest absolute Gasteiger partial charge is 0.396 e. The van der Waals surface area contributed by atoms with E-state index in [0.29, 0.717) is 17.3 Å². The number of nitrogens with zero attached hydrogens (tertiary/aromatic N) is 3. The number of nitrogens with one attached hydrogen (secondary N) is 2. The van der Waals surface area contributed by atoms with E-state index in [1.165, 1.54) is 0 Å². The maximum Gasteiger partial charge on any atom is 0.223 e. The van der Waals surface area contributed by atoms with Crippen LogP contribution >= 0.6 is 22.9 Å². The number of fused-ring (bicyclic) bond motifs is 1. The summed E-state index contributed by atoms with van der Waals surface area (Å²) in [5.41, 5.74) is 8.42. The molecule has 3 unspecified atom stereocenters. The van der Waals surface area contributed by atoms with Gasteiger partial charge in [0.05, 0.1) is 15.8 Å². The van der Waals surface area contributed by atoms with Crippen LogP contribution in [0, 0.1) is 11.8 Å². The molecule has 28 heavy (non-hydrogen) atoms. The van der Waals surface area contributed by atoms with Crippen molar-refractivity contribution in [3.8, 4) is 10.6 Å². The lowest BCUT2D eigenvalue weighted by Crippen LogP contribution is -2.18. The van der Waals surface area contributed by atoms with E-state index in [1.807, 2.05) is 25.2 Å². The molecule has 3 aromatic rings. The maximum absolute atomic E-state index is 9.56. The van der Waals surface area contributed by atoms with Crippen molar-refractivity contribution in [1.29, 1.82) is 0 Å². The van der Waals surface area contributed by atoms with Crippen molar-refractivity contribution in [1.82, 2.24) is 15.0 Å². The summed E-state index contributed by atoms with van der Waals surface area (Å²) < 4.78 is 1.06. The minimum Gasteiger partial charge on any atom is -0.396 e. The Bertz CT molecular complexity index is 1010. The first-order chi connectivity index (χ1) is 13.5. The van der Waals surface area contributed by atoms with Gasteiger partial charge in [0.25, 0.3) is 0 Å². The van der Waals surface area contributed by atoms with E-state index in [0.717, 1.165) is 33.8 Å². The monoisotopic (exact) mass is 418 g/mol. The Morgan fingerprint density at radius 3 is 2.82 bits per heavy atom. The van der Waals surface area contributed by atoms with E-state index in [-0.39, 0.29) is 29.7 Å². The molecule has 0 aliphatic heterocycles. The van der Waals surface area contributed by atoms with Crippen molar-refractivity contribution >= 4 is 50.6 Å². The van der Waals surface area contributed by atoms with Crippen LogP contribution in [0.25, 0.3) is 20.8 Å². The van der Waals surface area contributed by atoms with Crippen LogP contribution in [0.2, 0.25) is 5.15 Å². The zero-order chi connectivity index (χ0) is 19.8. The highest BCUT2D eigenvalue weighted by Crippen LogP contribution is 2.40. The molecular weight excluding hydrogens is 396 g/mol. The Morgan fingerprint density at radius 2 is 2.11 bits per heavy atom. The number of anilines is 3. The molecule has 1 fully saturated rings. The van der Waals surface area contributed by atoms with Gasteiger partial charge in [-0.2, -0.15) is 4.98 Å². The van der Waals surface area contributed by atoms with Gasteiger partial charge in [0, 0.05) is 25.4 Å². The lowest BCUT2D eigenvalue weighted by atomic mass is 10.00. The highest BCUT2D eigenvalue weighted by molar-refractivity contribution is 7.21. The van der Waals surface area contributed by atoms with Crippen LogP contribution in [-0.2, 0) is 0 Å². The van der Waals surface area contributed by atoms with E-state index in [4.69, 9.17) is 22.3 Å². The van der Waals surface area contributed by atoms with Crippen LogP contribution in [0.15, 0.2) is 18.2 Å². The minimum absolute atomic E-state index is 0.125. The second kappa shape index (κ2) is 7.69. The number of thiazole rings is 1.